The van der Waals surface area contributed by atoms with Gasteiger partial charge in [0, 0.05) is 22.6 Å². The van der Waals surface area contributed by atoms with Crippen LogP contribution in [0.25, 0.3) is 10.9 Å². The highest BCUT2D eigenvalue weighted by Crippen LogP contribution is 2.25. The molecular formula is C15H22N2. The largest absolute Gasteiger partial charge is 0.358 e. The van der Waals surface area contributed by atoms with E-state index in [-0.39, 0.29) is 6.04 Å². The van der Waals surface area contributed by atoms with Crippen molar-refractivity contribution in [3.05, 3.63) is 35.0 Å². The fourth-order valence-corrected chi connectivity index (χ4v) is 2.34. The van der Waals surface area contributed by atoms with E-state index in [0.717, 1.165) is 19.3 Å². The summed E-state index contributed by atoms with van der Waals surface area (Å²) in [7, 11) is 0. The summed E-state index contributed by atoms with van der Waals surface area (Å²) in [6, 6.07) is 6.98. The molecule has 0 aliphatic rings. The minimum atomic E-state index is 0.272. The molecule has 1 aromatic carbocycles. The predicted molar refractivity (Wildman–Crippen MR) is 74.4 cm³/mol. The van der Waals surface area contributed by atoms with Crippen LogP contribution < -0.4 is 5.73 Å². The standard InChI is InChI=1S/C15H22N2/c1-4-12-6-8-15-14(9-12)13(11(3)17-15)7-5-10(2)16/h6,8-10,17H,4-5,7,16H2,1-3H3. The molecule has 0 amide bonds. The Hall–Kier alpha value is -1.28. The van der Waals surface area contributed by atoms with E-state index in [1.807, 2.05) is 0 Å². The van der Waals surface area contributed by atoms with Crippen molar-refractivity contribution in [3.63, 3.8) is 0 Å². The Morgan fingerprint density at radius 2 is 2.12 bits per heavy atom. The van der Waals surface area contributed by atoms with Gasteiger partial charge in [-0.05, 0) is 56.4 Å². The van der Waals surface area contributed by atoms with E-state index in [1.165, 1.54) is 27.7 Å². The second kappa shape index (κ2) is 4.92. The number of rotatable bonds is 4. The molecule has 0 fully saturated rings. The molecule has 0 bridgehead atoms. The number of fused-ring (bicyclic) bond motifs is 1. The fourth-order valence-electron chi connectivity index (χ4n) is 2.34. The van der Waals surface area contributed by atoms with E-state index in [4.69, 9.17) is 5.73 Å². The third kappa shape index (κ3) is 2.52. The second-order valence-electron chi connectivity index (χ2n) is 4.98. The first-order valence-electron chi connectivity index (χ1n) is 6.47. The highest BCUT2D eigenvalue weighted by atomic mass is 14.7. The number of aromatic amines is 1. The van der Waals surface area contributed by atoms with Crippen molar-refractivity contribution in [2.75, 3.05) is 0 Å². The van der Waals surface area contributed by atoms with Crippen molar-refractivity contribution in [2.45, 2.75) is 46.1 Å². The number of aromatic nitrogens is 1. The molecule has 2 heteroatoms. The van der Waals surface area contributed by atoms with Gasteiger partial charge in [-0.1, -0.05) is 13.0 Å². The minimum absolute atomic E-state index is 0.272. The van der Waals surface area contributed by atoms with Crippen LogP contribution in [-0.2, 0) is 12.8 Å². The van der Waals surface area contributed by atoms with E-state index in [2.05, 4.69) is 44.0 Å². The Morgan fingerprint density at radius 1 is 1.35 bits per heavy atom. The average Bonchev–Trinajstić information content (AvgIpc) is 2.61. The van der Waals surface area contributed by atoms with Crippen LogP contribution >= 0.6 is 0 Å². The van der Waals surface area contributed by atoms with Gasteiger partial charge in [0.2, 0.25) is 0 Å². The lowest BCUT2D eigenvalue weighted by Gasteiger charge is -2.05. The van der Waals surface area contributed by atoms with Crippen LogP contribution in [0.3, 0.4) is 0 Å². The first-order chi connectivity index (χ1) is 8.11. The highest BCUT2D eigenvalue weighted by Gasteiger charge is 2.09. The van der Waals surface area contributed by atoms with Gasteiger partial charge >= 0.3 is 0 Å². The Labute approximate surface area is 103 Å². The topological polar surface area (TPSA) is 41.8 Å². The molecule has 17 heavy (non-hydrogen) atoms. The lowest BCUT2D eigenvalue weighted by molar-refractivity contribution is 0.666. The molecule has 2 rings (SSSR count). The molecule has 2 aromatic rings. The molecule has 0 radical (unpaired) electrons. The van der Waals surface area contributed by atoms with Crippen LogP contribution in [0.2, 0.25) is 0 Å². The van der Waals surface area contributed by atoms with Crippen LogP contribution in [0, 0.1) is 6.92 Å². The van der Waals surface area contributed by atoms with Crippen molar-refractivity contribution >= 4 is 10.9 Å². The van der Waals surface area contributed by atoms with Gasteiger partial charge in [0.1, 0.15) is 0 Å². The van der Waals surface area contributed by atoms with E-state index >= 15 is 0 Å². The molecule has 1 unspecified atom stereocenters. The van der Waals surface area contributed by atoms with Gasteiger partial charge in [-0.2, -0.15) is 0 Å². The van der Waals surface area contributed by atoms with Gasteiger partial charge in [-0.3, -0.25) is 0 Å². The summed E-state index contributed by atoms with van der Waals surface area (Å²) >= 11 is 0. The fraction of sp³-hybridized carbons (Fsp3) is 0.467. The van der Waals surface area contributed by atoms with Crippen LogP contribution in [0.5, 0.6) is 0 Å². The molecule has 92 valence electrons. The molecule has 1 atom stereocenters. The van der Waals surface area contributed by atoms with Crippen LogP contribution in [0.1, 0.15) is 37.1 Å². The van der Waals surface area contributed by atoms with Crippen LogP contribution in [0.15, 0.2) is 18.2 Å². The molecule has 1 heterocycles. The number of aryl methyl sites for hydroxylation is 3. The van der Waals surface area contributed by atoms with Crippen LogP contribution in [-0.4, -0.2) is 11.0 Å². The zero-order valence-corrected chi connectivity index (χ0v) is 11.0. The van der Waals surface area contributed by atoms with Gasteiger partial charge in [-0.15, -0.1) is 0 Å². The number of H-pyrrole nitrogens is 1. The molecule has 0 aliphatic carbocycles. The predicted octanol–water partition coefficient (Wildman–Crippen LogP) is 3.32. The van der Waals surface area contributed by atoms with Gasteiger partial charge in [-0.25, -0.2) is 0 Å². The van der Waals surface area contributed by atoms with Gasteiger partial charge in [0.15, 0.2) is 0 Å². The number of hydrogen-bond donors (Lipinski definition) is 2. The average molecular weight is 230 g/mol. The second-order valence-corrected chi connectivity index (χ2v) is 4.98. The Morgan fingerprint density at radius 3 is 2.76 bits per heavy atom. The van der Waals surface area contributed by atoms with E-state index in [1.54, 1.807) is 0 Å². The first kappa shape index (κ1) is 12.2. The Bertz CT molecular complexity index is 509. The number of nitrogens with one attached hydrogen (secondary N) is 1. The zero-order chi connectivity index (χ0) is 12.4. The summed E-state index contributed by atoms with van der Waals surface area (Å²) < 4.78 is 0. The first-order valence-corrected chi connectivity index (χ1v) is 6.47. The maximum atomic E-state index is 5.85. The number of nitrogens with two attached hydrogens (primary N) is 1. The number of hydrogen-bond acceptors (Lipinski definition) is 1. The summed E-state index contributed by atoms with van der Waals surface area (Å²) in [6.45, 7) is 6.42. The van der Waals surface area contributed by atoms with E-state index in [9.17, 15) is 0 Å². The summed E-state index contributed by atoms with van der Waals surface area (Å²) in [6.07, 6.45) is 3.20. The van der Waals surface area contributed by atoms with Gasteiger partial charge < -0.3 is 10.7 Å². The Kier molecular flexibility index (Phi) is 3.53. The lowest BCUT2D eigenvalue weighted by Crippen LogP contribution is -2.15. The third-order valence-corrected chi connectivity index (χ3v) is 3.44. The van der Waals surface area contributed by atoms with Crippen molar-refractivity contribution < 1.29 is 0 Å². The SMILES string of the molecule is CCc1ccc2[nH]c(C)c(CCC(C)N)c2c1. The molecule has 2 nitrogen and oxygen atoms in total. The Balaban J connectivity index is 2.41. The monoisotopic (exact) mass is 230 g/mol. The molecule has 0 aliphatic heterocycles. The normalized spacial score (nSPS) is 13.2. The number of benzene rings is 1. The quantitative estimate of drug-likeness (QED) is 0.831. The lowest BCUT2D eigenvalue weighted by atomic mass is 10.0. The molecule has 1 aromatic heterocycles. The summed E-state index contributed by atoms with van der Waals surface area (Å²) in [5.41, 5.74) is 11.2. The van der Waals surface area contributed by atoms with E-state index in [0.29, 0.717) is 0 Å². The molecule has 3 N–H and O–H groups in total. The molecule has 0 saturated heterocycles. The molecule has 0 saturated carbocycles. The molecule has 0 spiro atoms. The maximum Gasteiger partial charge on any atom is 0.0459 e. The third-order valence-electron chi connectivity index (χ3n) is 3.44. The maximum absolute atomic E-state index is 5.85. The van der Waals surface area contributed by atoms with Crippen molar-refractivity contribution in [2.24, 2.45) is 5.73 Å². The summed E-state index contributed by atoms with van der Waals surface area (Å²) in [4.78, 5) is 3.46. The van der Waals surface area contributed by atoms with Crippen molar-refractivity contribution in [3.8, 4) is 0 Å². The molecular weight excluding hydrogens is 208 g/mol. The van der Waals surface area contributed by atoms with Gasteiger partial charge in [0.05, 0.1) is 0 Å². The van der Waals surface area contributed by atoms with Crippen LogP contribution in [0.4, 0.5) is 0 Å². The highest BCUT2D eigenvalue weighted by molar-refractivity contribution is 5.85. The van der Waals surface area contributed by atoms with Crippen molar-refractivity contribution in [1.82, 2.24) is 4.98 Å². The van der Waals surface area contributed by atoms with Gasteiger partial charge in [0.25, 0.3) is 0 Å². The smallest absolute Gasteiger partial charge is 0.0459 e. The summed E-state index contributed by atoms with van der Waals surface area (Å²) in [5, 5.41) is 1.38. The van der Waals surface area contributed by atoms with Crippen molar-refractivity contribution in [1.29, 1.82) is 0 Å². The minimum Gasteiger partial charge on any atom is -0.358 e. The summed E-state index contributed by atoms with van der Waals surface area (Å²) in [5.74, 6) is 0. The van der Waals surface area contributed by atoms with E-state index < -0.39 is 0 Å². The zero-order valence-electron chi connectivity index (χ0n) is 11.0.